The lowest BCUT2D eigenvalue weighted by atomic mass is 10.2. The minimum Gasteiger partial charge on any atom is -0.340 e. The van der Waals surface area contributed by atoms with E-state index < -0.39 is 0 Å². The number of amides is 1. The number of halogens is 2. The number of carbonyl (C=O) groups excluding carboxylic acids is 1. The van der Waals surface area contributed by atoms with Gasteiger partial charge in [0.1, 0.15) is 17.3 Å². The predicted molar refractivity (Wildman–Crippen MR) is 100 cm³/mol. The molecular weight excluding hydrogens is 348 g/mol. The Balaban J connectivity index is 1.43. The zero-order chi connectivity index (χ0) is 19.0. The van der Waals surface area contributed by atoms with Gasteiger partial charge in [0.25, 0.3) is 5.91 Å². The van der Waals surface area contributed by atoms with Crippen LogP contribution in [0.25, 0.3) is 10.9 Å². The Labute approximate surface area is 156 Å². The zero-order valence-electron chi connectivity index (χ0n) is 15.2. The van der Waals surface area contributed by atoms with Crippen molar-refractivity contribution in [1.82, 2.24) is 14.4 Å². The van der Waals surface area contributed by atoms with Crippen LogP contribution in [0.15, 0.2) is 48.5 Å². The van der Waals surface area contributed by atoms with Gasteiger partial charge in [-0.15, -0.1) is 0 Å². The minimum atomic E-state index is -0.308. The molecule has 1 amide bonds. The highest BCUT2D eigenvalue weighted by Gasteiger charge is 2.24. The predicted octanol–water partition coefficient (Wildman–Crippen LogP) is 3.41. The number of nitrogens with zero attached hydrogens (tertiary/aromatic N) is 3. The van der Waals surface area contributed by atoms with E-state index in [1.807, 2.05) is 11.0 Å². The third-order valence-electron chi connectivity index (χ3n) is 5.21. The number of aryl methyl sites for hydroxylation is 1. The van der Waals surface area contributed by atoms with Crippen molar-refractivity contribution in [1.29, 1.82) is 0 Å². The Morgan fingerprint density at radius 1 is 0.926 bits per heavy atom. The number of hydrogen-bond donors (Lipinski definition) is 0. The summed E-state index contributed by atoms with van der Waals surface area (Å²) >= 11 is 0. The lowest BCUT2D eigenvalue weighted by Crippen LogP contribution is -2.48. The second-order valence-electron chi connectivity index (χ2n) is 6.99. The maximum absolute atomic E-state index is 13.5. The average Bonchev–Trinajstić information content (AvgIpc) is 3.00. The molecule has 1 saturated heterocycles. The van der Waals surface area contributed by atoms with Crippen LogP contribution in [-0.2, 0) is 13.6 Å². The molecule has 0 bridgehead atoms. The lowest BCUT2D eigenvalue weighted by molar-refractivity contribution is 0.0619. The first-order chi connectivity index (χ1) is 13.0. The summed E-state index contributed by atoms with van der Waals surface area (Å²) in [5.41, 5.74) is 2.35. The molecule has 0 spiro atoms. The van der Waals surface area contributed by atoms with Crippen LogP contribution in [0.3, 0.4) is 0 Å². The quantitative estimate of drug-likeness (QED) is 0.708. The van der Waals surface area contributed by atoms with Gasteiger partial charge in [-0.3, -0.25) is 9.69 Å². The molecule has 0 atom stereocenters. The van der Waals surface area contributed by atoms with Crippen LogP contribution in [0.4, 0.5) is 8.78 Å². The van der Waals surface area contributed by atoms with Crippen LogP contribution in [0.5, 0.6) is 0 Å². The fourth-order valence-corrected chi connectivity index (χ4v) is 3.63. The van der Waals surface area contributed by atoms with E-state index in [9.17, 15) is 13.6 Å². The van der Waals surface area contributed by atoms with Gasteiger partial charge in [-0.05, 0) is 42.0 Å². The first-order valence-corrected chi connectivity index (χ1v) is 9.02. The van der Waals surface area contributed by atoms with Gasteiger partial charge in [0.05, 0.1) is 5.52 Å². The first kappa shape index (κ1) is 17.7. The van der Waals surface area contributed by atoms with Crippen molar-refractivity contribution in [3.8, 4) is 0 Å². The summed E-state index contributed by atoms with van der Waals surface area (Å²) in [6.07, 6.45) is 0. The molecule has 2 aromatic carbocycles. The van der Waals surface area contributed by atoms with Crippen LogP contribution < -0.4 is 0 Å². The van der Waals surface area contributed by atoms with Gasteiger partial charge in [-0.2, -0.15) is 0 Å². The molecule has 0 unspecified atom stereocenters. The first-order valence-electron chi connectivity index (χ1n) is 9.02. The summed E-state index contributed by atoms with van der Waals surface area (Å²) < 4.78 is 28.3. The van der Waals surface area contributed by atoms with E-state index in [4.69, 9.17) is 0 Å². The Morgan fingerprint density at radius 3 is 2.30 bits per heavy atom. The standard InChI is InChI=1S/C21H21F2N3O/c1-24-19-13-18(23)7-4-16(19)12-20(24)21(27)26-10-8-25(9-11-26)14-15-2-5-17(22)6-3-15/h2-7,12-13H,8-11,14H2,1H3. The molecule has 4 rings (SSSR count). The maximum atomic E-state index is 13.5. The molecule has 3 aromatic rings. The highest BCUT2D eigenvalue weighted by atomic mass is 19.1. The highest BCUT2D eigenvalue weighted by Crippen LogP contribution is 2.21. The largest absolute Gasteiger partial charge is 0.340 e. The van der Waals surface area contributed by atoms with E-state index in [0.29, 0.717) is 24.3 Å². The van der Waals surface area contributed by atoms with Gasteiger partial charge in [-0.25, -0.2) is 8.78 Å². The summed E-state index contributed by atoms with van der Waals surface area (Å²) in [6, 6.07) is 12.9. The molecule has 1 aromatic heterocycles. The van der Waals surface area contributed by atoms with Crippen LogP contribution >= 0.6 is 0 Å². The normalized spacial score (nSPS) is 15.4. The van der Waals surface area contributed by atoms with Gasteiger partial charge in [0, 0.05) is 45.2 Å². The number of carbonyl (C=O) groups is 1. The van der Waals surface area contributed by atoms with Crippen LogP contribution in [0, 0.1) is 11.6 Å². The molecule has 1 aliphatic rings. The van der Waals surface area contributed by atoms with E-state index in [2.05, 4.69) is 4.90 Å². The van der Waals surface area contributed by atoms with Crippen molar-refractivity contribution in [2.75, 3.05) is 26.2 Å². The van der Waals surface area contributed by atoms with Gasteiger partial charge < -0.3 is 9.47 Å². The number of benzene rings is 2. The van der Waals surface area contributed by atoms with Crippen molar-refractivity contribution in [2.45, 2.75) is 6.54 Å². The summed E-state index contributed by atoms with van der Waals surface area (Å²) in [6.45, 7) is 3.55. The molecule has 6 heteroatoms. The smallest absolute Gasteiger partial charge is 0.270 e. The maximum Gasteiger partial charge on any atom is 0.270 e. The van der Waals surface area contributed by atoms with E-state index >= 15 is 0 Å². The molecule has 0 saturated carbocycles. The van der Waals surface area contributed by atoms with Crippen molar-refractivity contribution in [3.63, 3.8) is 0 Å². The fraction of sp³-hybridized carbons (Fsp3) is 0.286. The number of piperazine rings is 1. The van der Waals surface area contributed by atoms with Crippen LogP contribution in [0.2, 0.25) is 0 Å². The monoisotopic (exact) mass is 369 g/mol. The molecule has 4 nitrogen and oxygen atoms in total. The van der Waals surface area contributed by atoms with Gasteiger partial charge in [0.2, 0.25) is 0 Å². The van der Waals surface area contributed by atoms with Crippen molar-refractivity contribution >= 4 is 16.8 Å². The zero-order valence-corrected chi connectivity index (χ0v) is 15.2. The second kappa shape index (κ2) is 7.12. The number of rotatable bonds is 3. The third-order valence-corrected chi connectivity index (χ3v) is 5.21. The third kappa shape index (κ3) is 3.57. The van der Waals surface area contributed by atoms with Crippen LogP contribution in [0.1, 0.15) is 16.1 Å². The van der Waals surface area contributed by atoms with Gasteiger partial charge >= 0.3 is 0 Å². The van der Waals surface area contributed by atoms with E-state index in [1.54, 1.807) is 29.8 Å². The number of fused-ring (bicyclic) bond motifs is 1. The molecule has 2 heterocycles. The lowest BCUT2D eigenvalue weighted by Gasteiger charge is -2.34. The molecule has 0 aliphatic carbocycles. The molecule has 140 valence electrons. The summed E-state index contributed by atoms with van der Waals surface area (Å²) in [5.74, 6) is -0.573. The Bertz CT molecular complexity index is 973. The number of hydrogen-bond acceptors (Lipinski definition) is 2. The van der Waals surface area contributed by atoms with Gasteiger partial charge in [0.15, 0.2) is 0 Å². The topological polar surface area (TPSA) is 28.5 Å². The summed E-state index contributed by atoms with van der Waals surface area (Å²) in [7, 11) is 1.79. The van der Waals surface area contributed by atoms with E-state index in [1.165, 1.54) is 24.3 Å². The second-order valence-corrected chi connectivity index (χ2v) is 6.99. The van der Waals surface area contributed by atoms with E-state index in [-0.39, 0.29) is 17.5 Å². The molecule has 0 N–H and O–H groups in total. The summed E-state index contributed by atoms with van der Waals surface area (Å²) in [5, 5.41) is 0.859. The highest BCUT2D eigenvalue weighted by molar-refractivity contribution is 5.98. The molecular formula is C21H21F2N3O. The van der Waals surface area contributed by atoms with Crippen LogP contribution in [-0.4, -0.2) is 46.5 Å². The molecule has 0 radical (unpaired) electrons. The summed E-state index contributed by atoms with van der Waals surface area (Å²) in [4.78, 5) is 17.0. The van der Waals surface area contributed by atoms with Crippen molar-refractivity contribution in [3.05, 3.63) is 71.4 Å². The molecule has 1 aliphatic heterocycles. The Kier molecular flexibility index (Phi) is 4.66. The molecule has 27 heavy (non-hydrogen) atoms. The van der Waals surface area contributed by atoms with E-state index in [0.717, 1.165) is 30.6 Å². The van der Waals surface area contributed by atoms with Crippen molar-refractivity contribution in [2.24, 2.45) is 7.05 Å². The average molecular weight is 369 g/mol. The fourth-order valence-electron chi connectivity index (χ4n) is 3.63. The SMILES string of the molecule is Cn1c(C(=O)N2CCN(Cc3ccc(F)cc3)CC2)cc2ccc(F)cc21. The number of aromatic nitrogens is 1. The Hall–Kier alpha value is -2.73. The van der Waals surface area contributed by atoms with Gasteiger partial charge in [-0.1, -0.05) is 12.1 Å². The minimum absolute atomic E-state index is 0.0319. The Morgan fingerprint density at radius 2 is 1.59 bits per heavy atom. The molecule has 1 fully saturated rings. The van der Waals surface area contributed by atoms with Crippen molar-refractivity contribution < 1.29 is 13.6 Å².